The lowest BCUT2D eigenvalue weighted by atomic mass is 10.1. The van der Waals surface area contributed by atoms with E-state index >= 15 is 0 Å². The Labute approximate surface area is 165 Å². The summed E-state index contributed by atoms with van der Waals surface area (Å²) in [6, 6.07) is 13.7. The summed E-state index contributed by atoms with van der Waals surface area (Å²) >= 11 is 6.02. The number of ketones is 1. The second kappa shape index (κ2) is 8.68. The molecular weight excluding hydrogens is 358 g/mol. The van der Waals surface area contributed by atoms with E-state index < -0.39 is 0 Å². The molecule has 0 saturated heterocycles. The number of Topliss-reactive ketones (excluding diaryl/α,β-unsaturated/α-hetero) is 1. The molecule has 4 nitrogen and oxygen atoms in total. The Morgan fingerprint density at radius 2 is 1.81 bits per heavy atom. The van der Waals surface area contributed by atoms with Crippen molar-refractivity contribution in [2.45, 2.75) is 33.7 Å². The van der Waals surface area contributed by atoms with E-state index in [2.05, 4.69) is 23.3 Å². The molecule has 0 N–H and O–H groups in total. The molecule has 0 bridgehead atoms. The Kier molecular flexibility index (Phi) is 6.30. The van der Waals surface area contributed by atoms with E-state index in [-0.39, 0.29) is 5.78 Å². The van der Waals surface area contributed by atoms with Gasteiger partial charge in [-0.3, -0.25) is 4.79 Å². The van der Waals surface area contributed by atoms with Gasteiger partial charge in [0, 0.05) is 30.1 Å². The Balaban J connectivity index is 1.98. The molecular formula is C22H26ClN3O. The standard InChI is InChI=1S/C22H26ClN3O/c1-4-25(5-2)12-13-26-21-11-8-18(16(3)27)15-20(21)24-22(26)14-17-6-9-19(23)10-7-17/h6-11,15H,4-5,12-14H2,1-3H3. The zero-order valence-corrected chi connectivity index (χ0v) is 17.0. The van der Waals surface area contributed by atoms with Gasteiger partial charge < -0.3 is 9.47 Å². The van der Waals surface area contributed by atoms with Crippen molar-refractivity contribution in [1.82, 2.24) is 14.5 Å². The monoisotopic (exact) mass is 383 g/mol. The number of hydrogen-bond acceptors (Lipinski definition) is 3. The molecule has 0 unspecified atom stereocenters. The molecule has 3 rings (SSSR count). The van der Waals surface area contributed by atoms with Crippen molar-refractivity contribution >= 4 is 28.4 Å². The highest BCUT2D eigenvalue weighted by molar-refractivity contribution is 6.30. The predicted octanol–water partition coefficient (Wildman–Crippen LogP) is 4.82. The van der Waals surface area contributed by atoms with E-state index in [1.54, 1.807) is 6.92 Å². The Morgan fingerprint density at radius 1 is 1.11 bits per heavy atom. The highest BCUT2D eigenvalue weighted by atomic mass is 35.5. The van der Waals surface area contributed by atoms with E-state index in [1.807, 2.05) is 42.5 Å². The fourth-order valence-electron chi connectivity index (χ4n) is 3.35. The lowest BCUT2D eigenvalue weighted by Gasteiger charge is -2.19. The molecule has 0 spiro atoms. The van der Waals surface area contributed by atoms with Crippen LogP contribution in [0, 0.1) is 0 Å². The van der Waals surface area contributed by atoms with Gasteiger partial charge in [-0.05, 0) is 55.9 Å². The van der Waals surface area contributed by atoms with Crippen molar-refractivity contribution in [3.05, 3.63) is 64.4 Å². The summed E-state index contributed by atoms with van der Waals surface area (Å²) in [4.78, 5) is 19.0. The second-order valence-electron chi connectivity index (χ2n) is 6.77. The molecule has 27 heavy (non-hydrogen) atoms. The maximum Gasteiger partial charge on any atom is 0.159 e. The van der Waals surface area contributed by atoms with E-state index in [0.29, 0.717) is 5.56 Å². The molecule has 1 heterocycles. The number of nitrogens with zero attached hydrogens (tertiary/aromatic N) is 3. The first-order chi connectivity index (χ1) is 13.0. The number of likely N-dealkylation sites (N-methyl/N-ethyl adjacent to an activating group) is 1. The van der Waals surface area contributed by atoms with Crippen molar-refractivity contribution in [2.75, 3.05) is 19.6 Å². The van der Waals surface area contributed by atoms with Gasteiger partial charge in [-0.25, -0.2) is 4.98 Å². The number of aromatic nitrogens is 2. The third-order valence-electron chi connectivity index (χ3n) is 5.04. The van der Waals surface area contributed by atoms with Gasteiger partial charge in [-0.2, -0.15) is 0 Å². The number of imidazole rings is 1. The van der Waals surface area contributed by atoms with Gasteiger partial charge in [0.05, 0.1) is 11.0 Å². The fraction of sp³-hybridized carbons (Fsp3) is 0.364. The average molecular weight is 384 g/mol. The van der Waals surface area contributed by atoms with Crippen molar-refractivity contribution in [3.63, 3.8) is 0 Å². The first kappa shape index (κ1) is 19.6. The highest BCUT2D eigenvalue weighted by Crippen LogP contribution is 2.21. The van der Waals surface area contributed by atoms with Crippen LogP contribution >= 0.6 is 11.6 Å². The molecule has 0 amide bonds. The van der Waals surface area contributed by atoms with Crippen molar-refractivity contribution < 1.29 is 4.79 Å². The summed E-state index contributed by atoms with van der Waals surface area (Å²) in [5, 5.41) is 0.736. The van der Waals surface area contributed by atoms with Crippen molar-refractivity contribution in [2.24, 2.45) is 0 Å². The maximum absolute atomic E-state index is 11.7. The third-order valence-corrected chi connectivity index (χ3v) is 5.30. The topological polar surface area (TPSA) is 38.1 Å². The van der Waals surface area contributed by atoms with E-state index in [4.69, 9.17) is 16.6 Å². The van der Waals surface area contributed by atoms with Crippen LogP contribution in [0.25, 0.3) is 11.0 Å². The molecule has 142 valence electrons. The van der Waals surface area contributed by atoms with E-state index in [1.165, 1.54) is 5.56 Å². The summed E-state index contributed by atoms with van der Waals surface area (Å²) < 4.78 is 2.28. The first-order valence-electron chi connectivity index (χ1n) is 9.48. The van der Waals surface area contributed by atoms with Gasteiger partial charge >= 0.3 is 0 Å². The molecule has 0 aliphatic heterocycles. The zero-order chi connectivity index (χ0) is 19.4. The zero-order valence-electron chi connectivity index (χ0n) is 16.2. The van der Waals surface area contributed by atoms with E-state index in [0.717, 1.165) is 54.5 Å². The van der Waals surface area contributed by atoms with E-state index in [9.17, 15) is 4.79 Å². The van der Waals surface area contributed by atoms with Gasteiger partial charge in [0.15, 0.2) is 5.78 Å². The molecule has 3 aromatic rings. The summed E-state index contributed by atoms with van der Waals surface area (Å²) in [5.41, 5.74) is 3.84. The number of benzene rings is 2. The van der Waals surface area contributed by atoms with Crippen LogP contribution in [0.2, 0.25) is 5.02 Å². The quantitative estimate of drug-likeness (QED) is 0.523. The van der Waals surface area contributed by atoms with Crippen LogP contribution in [0.1, 0.15) is 42.5 Å². The van der Waals surface area contributed by atoms with Crippen LogP contribution in [-0.4, -0.2) is 39.9 Å². The van der Waals surface area contributed by atoms with Crippen molar-refractivity contribution in [3.8, 4) is 0 Å². The normalized spacial score (nSPS) is 11.4. The highest BCUT2D eigenvalue weighted by Gasteiger charge is 2.14. The summed E-state index contributed by atoms with van der Waals surface area (Å²) in [7, 11) is 0. The maximum atomic E-state index is 11.7. The summed E-state index contributed by atoms with van der Waals surface area (Å²) in [6.45, 7) is 9.87. The van der Waals surface area contributed by atoms with Crippen LogP contribution in [-0.2, 0) is 13.0 Å². The largest absolute Gasteiger partial charge is 0.326 e. The Morgan fingerprint density at radius 3 is 2.44 bits per heavy atom. The molecule has 0 saturated carbocycles. The SMILES string of the molecule is CCN(CC)CCn1c(Cc2ccc(Cl)cc2)nc2cc(C(C)=O)ccc21. The first-order valence-corrected chi connectivity index (χ1v) is 9.86. The minimum absolute atomic E-state index is 0.0637. The van der Waals surface area contributed by atoms with Gasteiger partial charge in [0.1, 0.15) is 5.82 Å². The average Bonchev–Trinajstić information content (AvgIpc) is 3.00. The molecule has 1 aromatic heterocycles. The van der Waals surface area contributed by atoms with Gasteiger partial charge in [-0.1, -0.05) is 37.6 Å². The molecule has 0 atom stereocenters. The molecule has 2 aromatic carbocycles. The number of carbonyl (C=O) groups is 1. The lowest BCUT2D eigenvalue weighted by molar-refractivity contribution is 0.101. The Hall–Kier alpha value is -2.17. The number of rotatable bonds is 8. The lowest BCUT2D eigenvalue weighted by Crippen LogP contribution is -2.27. The van der Waals surface area contributed by atoms with Crippen LogP contribution in [0.5, 0.6) is 0 Å². The Bertz CT molecular complexity index is 927. The fourth-order valence-corrected chi connectivity index (χ4v) is 3.48. The van der Waals surface area contributed by atoms with Crippen LogP contribution in [0.4, 0.5) is 0 Å². The predicted molar refractivity (Wildman–Crippen MR) is 112 cm³/mol. The number of carbonyl (C=O) groups excluding carboxylic acids is 1. The molecule has 0 aliphatic carbocycles. The number of fused-ring (bicyclic) bond motifs is 1. The van der Waals surface area contributed by atoms with Crippen LogP contribution in [0.15, 0.2) is 42.5 Å². The third kappa shape index (κ3) is 4.57. The van der Waals surface area contributed by atoms with Crippen LogP contribution in [0.3, 0.4) is 0 Å². The smallest absolute Gasteiger partial charge is 0.159 e. The second-order valence-corrected chi connectivity index (χ2v) is 7.21. The van der Waals surface area contributed by atoms with Gasteiger partial charge in [0.25, 0.3) is 0 Å². The van der Waals surface area contributed by atoms with Crippen molar-refractivity contribution in [1.29, 1.82) is 0 Å². The molecule has 0 radical (unpaired) electrons. The number of hydrogen-bond donors (Lipinski definition) is 0. The van der Waals surface area contributed by atoms with Crippen LogP contribution < -0.4 is 0 Å². The minimum atomic E-state index is 0.0637. The molecule has 5 heteroatoms. The summed E-state index contributed by atoms with van der Waals surface area (Å²) in [5.74, 6) is 1.08. The molecule has 0 fully saturated rings. The van der Waals surface area contributed by atoms with Gasteiger partial charge in [0.2, 0.25) is 0 Å². The molecule has 0 aliphatic rings. The number of halogens is 1. The minimum Gasteiger partial charge on any atom is -0.326 e. The summed E-state index contributed by atoms with van der Waals surface area (Å²) in [6.07, 6.45) is 0.736. The van der Waals surface area contributed by atoms with Gasteiger partial charge in [-0.15, -0.1) is 0 Å².